The maximum Gasteiger partial charge on any atom is 0.129 e. The summed E-state index contributed by atoms with van der Waals surface area (Å²) in [5, 5.41) is 10.4. The van der Waals surface area contributed by atoms with Gasteiger partial charge < -0.3 is 5.11 Å². The zero-order chi connectivity index (χ0) is 14.8. The van der Waals surface area contributed by atoms with Gasteiger partial charge >= 0.3 is 0 Å². The molecule has 0 aromatic heterocycles. The van der Waals surface area contributed by atoms with E-state index in [0.717, 1.165) is 24.0 Å². The highest BCUT2D eigenvalue weighted by Gasteiger charge is 2.20. The van der Waals surface area contributed by atoms with Gasteiger partial charge in [0.1, 0.15) is 11.9 Å². The minimum absolute atomic E-state index is 0.0949. The van der Waals surface area contributed by atoms with Crippen LogP contribution in [0.25, 0.3) is 11.6 Å². The fourth-order valence-electron chi connectivity index (χ4n) is 2.94. The van der Waals surface area contributed by atoms with Crippen molar-refractivity contribution in [1.82, 2.24) is 0 Å². The van der Waals surface area contributed by atoms with Crippen LogP contribution in [0.5, 0.6) is 5.75 Å². The summed E-state index contributed by atoms with van der Waals surface area (Å²) in [7, 11) is 0. The van der Waals surface area contributed by atoms with Crippen LogP contribution < -0.4 is 0 Å². The molecule has 0 heterocycles. The molecule has 0 radical (unpaired) electrons. The van der Waals surface area contributed by atoms with Crippen molar-refractivity contribution in [2.24, 2.45) is 0 Å². The highest BCUT2D eigenvalue weighted by molar-refractivity contribution is 5.90. The van der Waals surface area contributed by atoms with Crippen LogP contribution in [-0.2, 0) is 6.42 Å². The van der Waals surface area contributed by atoms with Gasteiger partial charge in [-0.1, -0.05) is 61.9 Å². The molecule has 0 fully saturated rings. The van der Waals surface area contributed by atoms with Gasteiger partial charge in [-0.3, -0.25) is 0 Å². The minimum Gasteiger partial charge on any atom is -0.507 e. The number of hydrogen-bond donors (Lipinski definition) is 1. The summed E-state index contributed by atoms with van der Waals surface area (Å²) in [6.45, 7) is 1.95. The molecule has 21 heavy (non-hydrogen) atoms. The Balaban J connectivity index is 1.96. The predicted molar refractivity (Wildman–Crippen MR) is 84.9 cm³/mol. The quantitative estimate of drug-likeness (QED) is 0.806. The Kier molecular flexibility index (Phi) is 3.78. The van der Waals surface area contributed by atoms with Crippen LogP contribution in [0.15, 0.2) is 42.5 Å². The van der Waals surface area contributed by atoms with Gasteiger partial charge in [0.05, 0.1) is 0 Å². The lowest BCUT2D eigenvalue weighted by atomic mass is 9.96. The molecule has 1 N–H and O–H groups in total. The number of allylic oxidation sites excluding steroid dienone is 1. The lowest BCUT2D eigenvalue weighted by Gasteiger charge is -2.13. The second kappa shape index (κ2) is 5.72. The van der Waals surface area contributed by atoms with Crippen LogP contribution in [0, 0.1) is 0 Å². The van der Waals surface area contributed by atoms with E-state index in [0.29, 0.717) is 12.0 Å². The van der Waals surface area contributed by atoms with E-state index in [1.165, 1.54) is 11.1 Å². The van der Waals surface area contributed by atoms with Gasteiger partial charge in [-0.25, -0.2) is 4.39 Å². The number of phenolic OH excluding ortho intramolecular Hbond substituents is 1. The van der Waals surface area contributed by atoms with E-state index in [9.17, 15) is 9.50 Å². The Hall–Kier alpha value is -2.09. The average Bonchev–Trinajstić information content (AvgIpc) is 2.91. The number of hydrogen-bond acceptors (Lipinski definition) is 1. The molecule has 0 saturated carbocycles. The summed E-state index contributed by atoms with van der Waals surface area (Å²) >= 11 is 0. The second-order valence-electron chi connectivity index (χ2n) is 5.54. The van der Waals surface area contributed by atoms with E-state index in [2.05, 4.69) is 18.2 Å². The monoisotopic (exact) mass is 282 g/mol. The van der Waals surface area contributed by atoms with Gasteiger partial charge in [0.2, 0.25) is 0 Å². The van der Waals surface area contributed by atoms with Crippen LogP contribution in [0.3, 0.4) is 0 Å². The molecule has 1 unspecified atom stereocenters. The second-order valence-corrected chi connectivity index (χ2v) is 5.54. The Morgan fingerprint density at radius 2 is 1.95 bits per heavy atom. The highest BCUT2D eigenvalue weighted by Crippen LogP contribution is 2.40. The van der Waals surface area contributed by atoms with Crippen LogP contribution >= 0.6 is 0 Å². The molecule has 2 heteroatoms. The zero-order valence-electron chi connectivity index (χ0n) is 12.1. The Morgan fingerprint density at radius 1 is 1.14 bits per heavy atom. The number of aromatic hydroxyl groups is 1. The standard InChI is InChI=1S/C19H19FO/c1-2-6-18(20)17-10-5-9-16(19(17)21)15-11-13-7-3-4-8-14(13)12-15/h3-5,7-11,18,21H,2,6,12H2,1H3. The van der Waals surface area contributed by atoms with Gasteiger partial charge in [-0.05, 0) is 29.5 Å². The Labute approximate surface area is 124 Å². The SMILES string of the molecule is CCCC(F)c1cccc(C2=Cc3ccccc3C2)c1O. The van der Waals surface area contributed by atoms with E-state index in [1.54, 1.807) is 6.07 Å². The van der Waals surface area contributed by atoms with Crippen LogP contribution in [-0.4, -0.2) is 5.11 Å². The van der Waals surface area contributed by atoms with Gasteiger partial charge in [0.25, 0.3) is 0 Å². The summed E-state index contributed by atoms with van der Waals surface area (Å²) in [6, 6.07) is 13.6. The normalized spacial score (nSPS) is 14.7. The third-order valence-electron chi connectivity index (χ3n) is 4.06. The van der Waals surface area contributed by atoms with E-state index < -0.39 is 6.17 Å². The maximum absolute atomic E-state index is 14.1. The summed E-state index contributed by atoms with van der Waals surface area (Å²) in [4.78, 5) is 0. The van der Waals surface area contributed by atoms with Crippen LogP contribution in [0.1, 0.15) is 48.2 Å². The lowest BCUT2D eigenvalue weighted by Crippen LogP contribution is -1.95. The molecule has 3 rings (SSSR count). The zero-order valence-corrected chi connectivity index (χ0v) is 12.1. The molecule has 1 nitrogen and oxygen atoms in total. The van der Waals surface area contributed by atoms with Crippen molar-refractivity contribution in [3.05, 3.63) is 64.7 Å². The number of para-hydroxylation sites is 1. The number of halogens is 1. The maximum atomic E-state index is 14.1. The van der Waals surface area contributed by atoms with Crippen molar-refractivity contribution in [2.45, 2.75) is 32.4 Å². The summed E-state index contributed by atoms with van der Waals surface area (Å²) in [5.41, 5.74) is 4.65. The van der Waals surface area contributed by atoms with Crippen molar-refractivity contribution in [1.29, 1.82) is 0 Å². The molecule has 0 spiro atoms. The van der Waals surface area contributed by atoms with Crippen molar-refractivity contribution >= 4 is 11.6 Å². The molecule has 1 aliphatic carbocycles. The topological polar surface area (TPSA) is 20.2 Å². The van der Waals surface area contributed by atoms with Gasteiger partial charge in [-0.2, -0.15) is 0 Å². The number of alkyl halides is 1. The molecule has 0 aliphatic heterocycles. The number of fused-ring (bicyclic) bond motifs is 1. The molecular weight excluding hydrogens is 263 g/mol. The fraction of sp³-hybridized carbons (Fsp3) is 0.263. The first-order valence-electron chi connectivity index (χ1n) is 7.45. The van der Waals surface area contributed by atoms with E-state index in [1.807, 2.05) is 31.2 Å². The molecule has 1 aliphatic rings. The molecule has 0 amide bonds. The molecule has 108 valence electrons. The summed E-state index contributed by atoms with van der Waals surface area (Å²) in [6.07, 6.45) is 2.98. The number of benzene rings is 2. The minimum atomic E-state index is -1.10. The average molecular weight is 282 g/mol. The molecule has 2 aromatic rings. The van der Waals surface area contributed by atoms with E-state index in [4.69, 9.17) is 0 Å². The molecule has 0 bridgehead atoms. The number of rotatable bonds is 4. The largest absolute Gasteiger partial charge is 0.507 e. The van der Waals surface area contributed by atoms with E-state index >= 15 is 0 Å². The predicted octanol–water partition coefficient (Wildman–Crippen LogP) is 5.30. The van der Waals surface area contributed by atoms with Crippen molar-refractivity contribution < 1.29 is 9.50 Å². The fourth-order valence-corrected chi connectivity index (χ4v) is 2.94. The van der Waals surface area contributed by atoms with Gasteiger partial charge in [0.15, 0.2) is 0 Å². The molecular formula is C19H19FO. The lowest BCUT2D eigenvalue weighted by molar-refractivity contribution is 0.309. The van der Waals surface area contributed by atoms with Crippen molar-refractivity contribution in [3.8, 4) is 5.75 Å². The van der Waals surface area contributed by atoms with Crippen molar-refractivity contribution in [3.63, 3.8) is 0 Å². The van der Waals surface area contributed by atoms with E-state index in [-0.39, 0.29) is 5.75 Å². The Morgan fingerprint density at radius 3 is 2.71 bits per heavy atom. The molecule has 1 atom stereocenters. The first kappa shape index (κ1) is 13.9. The van der Waals surface area contributed by atoms with Gasteiger partial charge in [0, 0.05) is 11.1 Å². The Bertz CT molecular complexity index is 688. The summed E-state index contributed by atoms with van der Waals surface area (Å²) < 4.78 is 14.1. The summed E-state index contributed by atoms with van der Waals surface area (Å²) in [5.74, 6) is 0.0949. The van der Waals surface area contributed by atoms with Crippen LogP contribution in [0.2, 0.25) is 0 Å². The van der Waals surface area contributed by atoms with Crippen molar-refractivity contribution in [2.75, 3.05) is 0 Å². The first-order chi connectivity index (χ1) is 10.2. The third kappa shape index (κ3) is 2.58. The number of phenols is 1. The first-order valence-corrected chi connectivity index (χ1v) is 7.45. The highest BCUT2D eigenvalue weighted by atomic mass is 19.1. The molecule has 2 aromatic carbocycles. The van der Waals surface area contributed by atoms with Crippen LogP contribution in [0.4, 0.5) is 4.39 Å². The smallest absolute Gasteiger partial charge is 0.129 e. The molecule has 0 saturated heterocycles. The van der Waals surface area contributed by atoms with Gasteiger partial charge in [-0.15, -0.1) is 0 Å². The third-order valence-corrected chi connectivity index (χ3v) is 4.06.